The number of nitrogens with zero attached hydrogens (tertiary/aromatic N) is 1. The lowest BCUT2D eigenvalue weighted by molar-refractivity contribution is -0.897. The van der Waals surface area contributed by atoms with Gasteiger partial charge in [0.2, 0.25) is 0 Å². The molecule has 1 rings (SSSR count). The molecule has 102 valence electrons. The molecule has 4 nitrogen and oxygen atoms in total. The van der Waals surface area contributed by atoms with Crippen molar-refractivity contribution in [3.63, 3.8) is 0 Å². The van der Waals surface area contributed by atoms with E-state index in [1.807, 2.05) is 0 Å². The highest BCUT2D eigenvalue weighted by atomic mass is 28.4. The van der Waals surface area contributed by atoms with E-state index in [1.54, 1.807) is 21.3 Å². The van der Waals surface area contributed by atoms with Crippen molar-refractivity contribution in [3.8, 4) is 0 Å². The van der Waals surface area contributed by atoms with Gasteiger partial charge in [-0.1, -0.05) is 0 Å². The van der Waals surface area contributed by atoms with Gasteiger partial charge in [0, 0.05) is 40.2 Å². The molecule has 1 aliphatic rings. The summed E-state index contributed by atoms with van der Waals surface area (Å²) in [6.45, 7) is 3.98. The molecule has 0 N–H and O–H groups in total. The van der Waals surface area contributed by atoms with E-state index in [0.717, 1.165) is 12.5 Å². The lowest BCUT2D eigenvalue weighted by atomic mass is 10.3. The summed E-state index contributed by atoms with van der Waals surface area (Å²) in [7, 11) is 5.11. The Labute approximate surface area is 107 Å². The third kappa shape index (κ3) is 4.33. The van der Waals surface area contributed by atoms with Gasteiger partial charge in [-0.05, 0) is 12.8 Å². The third-order valence-electron chi connectivity index (χ3n) is 4.01. The van der Waals surface area contributed by atoms with Crippen molar-refractivity contribution >= 4 is 8.80 Å². The van der Waals surface area contributed by atoms with Crippen LogP contribution < -0.4 is 0 Å². The Morgan fingerprint density at radius 1 is 0.941 bits per heavy atom. The van der Waals surface area contributed by atoms with Gasteiger partial charge in [0.25, 0.3) is 0 Å². The molecule has 1 saturated heterocycles. The SMILES string of the molecule is CO[Si](CCCC[N+]1(C)CCCC1)(OC)OC. The number of hydrogen-bond acceptors (Lipinski definition) is 3. The van der Waals surface area contributed by atoms with Crippen LogP contribution in [0.3, 0.4) is 0 Å². The van der Waals surface area contributed by atoms with Crippen molar-refractivity contribution in [2.45, 2.75) is 31.7 Å². The maximum atomic E-state index is 5.42. The van der Waals surface area contributed by atoms with Gasteiger partial charge < -0.3 is 17.8 Å². The van der Waals surface area contributed by atoms with Crippen LogP contribution in [0.5, 0.6) is 0 Å². The average molecular weight is 262 g/mol. The Morgan fingerprint density at radius 3 is 1.94 bits per heavy atom. The second kappa shape index (κ2) is 6.85. The molecule has 0 aromatic carbocycles. The normalized spacial score (nSPS) is 19.8. The van der Waals surface area contributed by atoms with Crippen molar-refractivity contribution in [1.82, 2.24) is 0 Å². The predicted octanol–water partition coefficient (Wildman–Crippen LogP) is 1.89. The molecule has 0 spiro atoms. The average Bonchev–Trinajstić information content (AvgIpc) is 2.78. The monoisotopic (exact) mass is 262 g/mol. The van der Waals surface area contributed by atoms with Crippen LogP contribution >= 0.6 is 0 Å². The third-order valence-corrected chi connectivity index (χ3v) is 6.84. The molecule has 17 heavy (non-hydrogen) atoms. The van der Waals surface area contributed by atoms with Gasteiger partial charge in [-0.15, -0.1) is 0 Å². The Bertz CT molecular complexity index is 208. The van der Waals surface area contributed by atoms with Crippen LogP contribution in [0.25, 0.3) is 0 Å². The van der Waals surface area contributed by atoms with Crippen LogP contribution in [0, 0.1) is 0 Å². The molecule has 5 heteroatoms. The molecule has 0 radical (unpaired) electrons. The maximum absolute atomic E-state index is 5.42. The lowest BCUT2D eigenvalue weighted by Crippen LogP contribution is -2.44. The fourth-order valence-electron chi connectivity index (χ4n) is 2.71. The number of rotatable bonds is 8. The molecule has 0 saturated carbocycles. The summed E-state index contributed by atoms with van der Waals surface area (Å²) >= 11 is 0. The highest BCUT2D eigenvalue weighted by molar-refractivity contribution is 6.60. The Kier molecular flexibility index (Phi) is 6.09. The Balaban J connectivity index is 2.22. The van der Waals surface area contributed by atoms with Gasteiger partial charge >= 0.3 is 8.80 Å². The molecule has 1 aliphatic heterocycles. The second-order valence-electron chi connectivity index (χ2n) is 5.25. The highest BCUT2D eigenvalue weighted by Crippen LogP contribution is 2.20. The van der Waals surface area contributed by atoms with Crippen molar-refractivity contribution in [2.24, 2.45) is 0 Å². The van der Waals surface area contributed by atoms with Gasteiger partial charge in [0.15, 0.2) is 0 Å². The highest BCUT2D eigenvalue weighted by Gasteiger charge is 2.37. The fourth-order valence-corrected chi connectivity index (χ4v) is 4.51. The van der Waals surface area contributed by atoms with Crippen molar-refractivity contribution in [3.05, 3.63) is 0 Å². The topological polar surface area (TPSA) is 27.7 Å². The Morgan fingerprint density at radius 2 is 1.47 bits per heavy atom. The minimum atomic E-state index is -2.33. The molecule has 1 heterocycles. The largest absolute Gasteiger partial charge is 0.500 e. The fraction of sp³-hybridized carbons (Fsp3) is 1.00. The number of quaternary nitrogens is 1. The smallest absolute Gasteiger partial charge is 0.377 e. The van der Waals surface area contributed by atoms with E-state index in [-0.39, 0.29) is 0 Å². The molecule has 0 amide bonds. The molecular weight excluding hydrogens is 234 g/mol. The summed E-state index contributed by atoms with van der Waals surface area (Å²) in [5, 5.41) is 0. The number of likely N-dealkylation sites (tertiary alicyclic amines) is 1. The number of unbranched alkanes of at least 4 members (excludes halogenated alkanes) is 1. The molecule has 0 unspecified atom stereocenters. The van der Waals surface area contributed by atoms with E-state index in [1.165, 1.54) is 43.4 Å². The Hall–Kier alpha value is 0.0569. The molecule has 1 fully saturated rings. The van der Waals surface area contributed by atoms with E-state index >= 15 is 0 Å². The van der Waals surface area contributed by atoms with Crippen LogP contribution in [-0.2, 0) is 13.3 Å². The zero-order valence-corrected chi connectivity index (χ0v) is 12.8. The summed E-state index contributed by atoms with van der Waals surface area (Å²) in [5.74, 6) is 0. The lowest BCUT2D eigenvalue weighted by Gasteiger charge is -2.30. The van der Waals surface area contributed by atoms with Crippen LogP contribution in [0.2, 0.25) is 6.04 Å². The first-order valence-corrected chi connectivity index (χ1v) is 8.52. The minimum absolute atomic E-state index is 0.927. The van der Waals surface area contributed by atoms with Crippen molar-refractivity contribution in [2.75, 3.05) is 48.0 Å². The first-order chi connectivity index (χ1) is 8.10. The van der Waals surface area contributed by atoms with E-state index in [2.05, 4.69) is 7.05 Å². The van der Waals surface area contributed by atoms with Crippen LogP contribution in [0.1, 0.15) is 25.7 Å². The summed E-state index contributed by atoms with van der Waals surface area (Å²) in [5.41, 5.74) is 0. The molecule has 0 aromatic heterocycles. The maximum Gasteiger partial charge on any atom is 0.500 e. The number of hydrogen-bond donors (Lipinski definition) is 0. The van der Waals surface area contributed by atoms with Crippen molar-refractivity contribution < 1.29 is 17.8 Å². The van der Waals surface area contributed by atoms with E-state index < -0.39 is 8.80 Å². The standard InChI is InChI=1S/C12H28NO3Si/c1-13(9-5-6-10-13)11-7-8-12-17(14-2,15-3)16-4/h5-12H2,1-4H3/q+1. The zero-order chi connectivity index (χ0) is 12.8. The summed E-state index contributed by atoms with van der Waals surface area (Å²) in [4.78, 5) is 0. The molecule has 0 bridgehead atoms. The minimum Gasteiger partial charge on any atom is -0.377 e. The molecule has 0 aromatic rings. The summed E-state index contributed by atoms with van der Waals surface area (Å²) in [6.07, 6.45) is 5.16. The van der Waals surface area contributed by atoms with Crippen LogP contribution in [0.15, 0.2) is 0 Å². The molecule has 0 aliphatic carbocycles. The van der Waals surface area contributed by atoms with E-state index in [4.69, 9.17) is 13.3 Å². The zero-order valence-electron chi connectivity index (χ0n) is 11.8. The van der Waals surface area contributed by atoms with E-state index in [9.17, 15) is 0 Å². The van der Waals surface area contributed by atoms with Crippen LogP contribution in [0.4, 0.5) is 0 Å². The quantitative estimate of drug-likeness (QED) is 0.380. The van der Waals surface area contributed by atoms with Gasteiger partial charge in [0.1, 0.15) is 0 Å². The van der Waals surface area contributed by atoms with E-state index in [0.29, 0.717) is 0 Å². The van der Waals surface area contributed by atoms with Gasteiger partial charge in [-0.2, -0.15) is 0 Å². The second-order valence-corrected chi connectivity index (χ2v) is 8.34. The van der Waals surface area contributed by atoms with Crippen molar-refractivity contribution in [1.29, 1.82) is 0 Å². The first kappa shape index (κ1) is 15.1. The van der Waals surface area contributed by atoms with Gasteiger partial charge in [-0.25, -0.2) is 0 Å². The molecule has 0 atom stereocenters. The first-order valence-electron chi connectivity index (χ1n) is 6.59. The summed E-state index contributed by atoms with van der Waals surface area (Å²) in [6, 6.07) is 0.927. The summed E-state index contributed by atoms with van der Waals surface area (Å²) < 4.78 is 17.5. The van der Waals surface area contributed by atoms with Gasteiger partial charge in [-0.3, -0.25) is 0 Å². The van der Waals surface area contributed by atoms with Crippen LogP contribution in [-0.4, -0.2) is 61.3 Å². The predicted molar refractivity (Wildman–Crippen MR) is 70.8 cm³/mol. The molecular formula is C12H28NO3Si+. The van der Waals surface area contributed by atoms with Gasteiger partial charge in [0.05, 0.1) is 26.7 Å².